The fraction of sp³-hybridized carbons (Fsp3) is 0.200. The zero-order chi connectivity index (χ0) is 14.9. The van der Waals surface area contributed by atoms with Gasteiger partial charge in [-0.2, -0.15) is 0 Å². The predicted molar refractivity (Wildman–Crippen MR) is 86.2 cm³/mol. The van der Waals surface area contributed by atoms with Crippen molar-refractivity contribution in [2.24, 2.45) is 0 Å². The van der Waals surface area contributed by atoms with Crippen LogP contribution in [0.5, 0.6) is 0 Å². The topological polar surface area (TPSA) is 12.0 Å². The standard InChI is InChI=1S/C15H13BrCl2FN/c1-8-7-9(3-6-12(8)17)15(20-2)10-4-5-11(16)13(18)14(10)19/h3-7,15,20H,1-2H3. The van der Waals surface area contributed by atoms with Crippen molar-refractivity contribution in [1.29, 1.82) is 0 Å². The van der Waals surface area contributed by atoms with Gasteiger partial charge >= 0.3 is 0 Å². The first-order chi connectivity index (χ1) is 9.45. The molecule has 0 spiro atoms. The van der Waals surface area contributed by atoms with Gasteiger partial charge in [0.05, 0.1) is 11.1 Å². The molecule has 106 valence electrons. The van der Waals surface area contributed by atoms with Crippen LogP contribution in [0.1, 0.15) is 22.7 Å². The molecule has 20 heavy (non-hydrogen) atoms. The first-order valence-corrected chi connectivity index (χ1v) is 7.57. The summed E-state index contributed by atoms with van der Waals surface area (Å²) in [5, 5.41) is 3.90. The van der Waals surface area contributed by atoms with Gasteiger partial charge in [0.2, 0.25) is 0 Å². The molecule has 0 fully saturated rings. The number of nitrogens with one attached hydrogen (secondary N) is 1. The van der Waals surface area contributed by atoms with Gasteiger partial charge in [-0.05, 0) is 53.2 Å². The van der Waals surface area contributed by atoms with Crippen LogP contribution >= 0.6 is 39.1 Å². The molecule has 5 heteroatoms. The van der Waals surface area contributed by atoms with E-state index in [9.17, 15) is 4.39 Å². The van der Waals surface area contributed by atoms with Gasteiger partial charge in [-0.3, -0.25) is 0 Å². The van der Waals surface area contributed by atoms with Crippen LogP contribution in [-0.4, -0.2) is 7.05 Å². The quantitative estimate of drug-likeness (QED) is 0.696. The zero-order valence-electron chi connectivity index (χ0n) is 11.0. The SMILES string of the molecule is CNC(c1ccc(Cl)c(C)c1)c1ccc(Br)c(Cl)c1F. The van der Waals surface area contributed by atoms with Gasteiger partial charge in [0, 0.05) is 15.1 Å². The lowest BCUT2D eigenvalue weighted by Gasteiger charge is -2.19. The maximum absolute atomic E-state index is 14.3. The first kappa shape index (κ1) is 15.8. The summed E-state index contributed by atoms with van der Waals surface area (Å²) in [6.07, 6.45) is 0. The molecule has 0 aliphatic heterocycles. The van der Waals surface area contributed by atoms with Crippen LogP contribution in [0.3, 0.4) is 0 Å². The Bertz CT molecular complexity index is 646. The van der Waals surface area contributed by atoms with Crippen LogP contribution in [-0.2, 0) is 0 Å². The Kier molecular flexibility index (Phi) is 5.08. The molecule has 2 aromatic carbocycles. The molecular weight excluding hydrogens is 364 g/mol. The third kappa shape index (κ3) is 3.01. The summed E-state index contributed by atoms with van der Waals surface area (Å²) in [6, 6.07) is 8.82. The van der Waals surface area contributed by atoms with Crippen molar-refractivity contribution in [2.75, 3.05) is 7.05 Å². The highest BCUT2D eigenvalue weighted by Crippen LogP contribution is 2.33. The average Bonchev–Trinajstić information content (AvgIpc) is 2.43. The van der Waals surface area contributed by atoms with E-state index in [0.29, 0.717) is 15.1 Å². The van der Waals surface area contributed by atoms with Crippen molar-refractivity contribution in [2.45, 2.75) is 13.0 Å². The fourth-order valence-corrected chi connectivity index (χ4v) is 2.71. The van der Waals surface area contributed by atoms with E-state index in [1.54, 1.807) is 19.2 Å². The molecule has 2 aromatic rings. The predicted octanol–water partition coefficient (Wildman–Crippen LogP) is 5.51. The van der Waals surface area contributed by atoms with E-state index >= 15 is 0 Å². The van der Waals surface area contributed by atoms with E-state index in [2.05, 4.69) is 21.2 Å². The second-order valence-corrected chi connectivity index (χ2v) is 6.13. The van der Waals surface area contributed by atoms with Gasteiger partial charge in [-0.1, -0.05) is 41.4 Å². The fourth-order valence-electron chi connectivity index (χ4n) is 2.11. The zero-order valence-corrected chi connectivity index (χ0v) is 14.1. The first-order valence-electron chi connectivity index (χ1n) is 6.02. The summed E-state index contributed by atoms with van der Waals surface area (Å²) < 4.78 is 14.9. The van der Waals surface area contributed by atoms with Crippen LogP contribution in [0.4, 0.5) is 4.39 Å². The number of hydrogen-bond acceptors (Lipinski definition) is 1. The van der Waals surface area contributed by atoms with Crippen molar-refractivity contribution < 1.29 is 4.39 Å². The molecule has 0 heterocycles. The molecule has 2 rings (SSSR count). The van der Waals surface area contributed by atoms with E-state index in [4.69, 9.17) is 23.2 Å². The van der Waals surface area contributed by atoms with Crippen molar-refractivity contribution >= 4 is 39.1 Å². The summed E-state index contributed by atoms with van der Waals surface area (Å²) in [5.74, 6) is -0.423. The lowest BCUT2D eigenvalue weighted by Crippen LogP contribution is -2.19. The normalized spacial score (nSPS) is 12.5. The Morgan fingerprint density at radius 1 is 1.20 bits per heavy atom. The second kappa shape index (κ2) is 6.44. The van der Waals surface area contributed by atoms with Gasteiger partial charge in [-0.15, -0.1) is 0 Å². The molecule has 1 atom stereocenters. The molecule has 0 aromatic heterocycles. The third-order valence-electron chi connectivity index (χ3n) is 3.18. The number of benzene rings is 2. The molecule has 1 nitrogen and oxygen atoms in total. The van der Waals surface area contributed by atoms with Crippen molar-refractivity contribution in [1.82, 2.24) is 5.32 Å². The summed E-state index contributed by atoms with van der Waals surface area (Å²) in [7, 11) is 1.78. The smallest absolute Gasteiger partial charge is 0.148 e. The van der Waals surface area contributed by atoms with Crippen LogP contribution in [0, 0.1) is 12.7 Å². The molecular formula is C15H13BrCl2FN. The lowest BCUT2D eigenvalue weighted by atomic mass is 9.97. The highest BCUT2D eigenvalue weighted by Gasteiger charge is 2.19. The maximum Gasteiger partial charge on any atom is 0.148 e. The second-order valence-electron chi connectivity index (χ2n) is 4.49. The Hall–Kier alpha value is -0.610. The Morgan fingerprint density at radius 2 is 1.90 bits per heavy atom. The Labute approximate surface area is 136 Å². The Balaban J connectivity index is 2.52. The van der Waals surface area contributed by atoms with E-state index in [1.807, 2.05) is 25.1 Å². The van der Waals surface area contributed by atoms with Crippen LogP contribution in [0.25, 0.3) is 0 Å². The molecule has 1 N–H and O–H groups in total. The lowest BCUT2D eigenvalue weighted by molar-refractivity contribution is 0.575. The van der Waals surface area contributed by atoms with Crippen LogP contribution in [0.2, 0.25) is 10.0 Å². The molecule has 0 bridgehead atoms. The minimum atomic E-state index is -0.423. The minimum absolute atomic E-state index is 0.0911. The Morgan fingerprint density at radius 3 is 2.50 bits per heavy atom. The third-order valence-corrected chi connectivity index (χ3v) is 4.86. The molecule has 0 aliphatic rings. The van der Waals surface area contributed by atoms with Gasteiger partial charge in [0.25, 0.3) is 0 Å². The van der Waals surface area contributed by atoms with Gasteiger partial charge in [0.15, 0.2) is 0 Å². The number of aryl methyl sites for hydroxylation is 1. The number of hydrogen-bond donors (Lipinski definition) is 1. The monoisotopic (exact) mass is 375 g/mol. The molecule has 0 saturated heterocycles. The molecule has 0 amide bonds. The molecule has 0 radical (unpaired) electrons. The highest BCUT2D eigenvalue weighted by molar-refractivity contribution is 9.10. The van der Waals surface area contributed by atoms with Crippen LogP contribution in [0.15, 0.2) is 34.8 Å². The van der Waals surface area contributed by atoms with Gasteiger partial charge in [0.1, 0.15) is 5.82 Å². The van der Waals surface area contributed by atoms with Crippen LogP contribution < -0.4 is 5.32 Å². The molecule has 1 unspecified atom stereocenters. The highest BCUT2D eigenvalue weighted by atomic mass is 79.9. The summed E-state index contributed by atoms with van der Waals surface area (Å²) >= 11 is 15.2. The number of rotatable bonds is 3. The largest absolute Gasteiger partial charge is 0.309 e. The summed E-state index contributed by atoms with van der Waals surface area (Å²) in [4.78, 5) is 0. The van der Waals surface area contributed by atoms with E-state index in [1.165, 1.54) is 0 Å². The maximum atomic E-state index is 14.3. The van der Waals surface area contributed by atoms with Crippen molar-refractivity contribution in [3.8, 4) is 0 Å². The number of halogens is 4. The van der Waals surface area contributed by atoms with Crippen molar-refractivity contribution in [3.63, 3.8) is 0 Å². The van der Waals surface area contributed by atoms with Crippen molar-refractivity contribution in [3.05, 3.63) is 67.4 Å². The van der Waals surface area contributed by atoms with E-state index < -0.39 is 5.82 Å². The van der Waals surface area contributed by atoms with E-state index in [-0.39, 0.29) is 11.1 Å². The molecule has 0 aliphatic carbocycles. The average molecular weight is 377 g/mol. The van der Waals surface area contributed by atoms with Gasteiger partial charge in [-0.25, -0.2) is 4.39 Å². The minimum Gasteiger partial charge on any atom is -0.309 e. The summed E-state index contributed by atoms with van der Waals surface area (Å²) in [6.45, 7) is 1.92. The van der Waals surface area contributed by atoms with Gasteiger partial charge < -0.3 is 5.32 Å². The molecule has 0 saturated carbocycles. The van der Waals surface area contributed by atoms with E-state index in [0.717, 1.165) is 11.1 Å². The summed E-state index contributed by atoms with van der Waals surface area (Å²) in [5.41, 5.74) is 2.39.